The molecule has 102 valence electrons. The van der Waals surface area contributed by atoms with Gasteiger partial charge in [-0.3, -0.25) is 14.5 Å². The van der Waals surface area contributed by atoms with Gasteiger partial charge in [0.15, 0.2) is 0 Å². The number of carbonyl (C=O) groups excluding carboxylic acids is 2. The van der Waals surface area contributed by atoms with E-state index in [4.69, 9.17) is 0 Å². The van der Waals surface area contributed by atoms with Crippen LogP contribution in [0.1, 0.15) is 27.2 Å². The van der Waals surface area contributed by atoms with Crippen molar-refractivity contribution >= 4 is 23.2 Å². The van der Waals surface area contributed by atoms with E-state index in [2.05, 4.69) is 5.32 Å². The van der Waals surface area contributed by atoms with Crippen LogP contribution >= 0.6 is 0 Å². The molecule has 1 saturated heterocycles. The van der Waals surface area contributed by atoms with Gasteiger partial charge in [-0.05, 0) is 37.1 Å². The smallest absolute Gasteiger partial charge is 0.237 e. The highest BCUT2D eigenvalue weighted by Crippen LogP contribution is 2.31. The van der Waals surface area contributed by atoms with Crippen molar-refractivity contribution in [3.8, 4) is 0 Å². The zero-order valence-electron chi connectivity index (χ0n) is 11.6. The summed E-state index contributed by atoms with van der Waals surface area (Å²) in [5, 5.41) is 3.19. The fourth-order valence-corrected chi connectivity index (χ4v) is 2.38. The Kier molecular flexibility index (Phi) is 3.88. The summed E-state index contributed by atoms with van der Waals surface area (Å²) in [5.41, 5.74) is 1.66. The molecule has 0 radical (unpaired) electrons. The molecule has 1 heterocycles. The summed E-state index contributed by atoms with van der Waals surface area (Å²) in [5.74, 6) is -0.153. The van der Waals surface area contributed by atoms with Crippen molar-refractivity contribution < 1.29 is 9.59 Å². The summed E-state index contributed by atoms with van der Waals surface area (Å²) in [6.45, 7) is 6.83. The van der Waals surface area contributed by atoms with Crippen molar-refractivity contribution in [3.63, 3.8) is 0 Å². The molecule has 0 aliphatic carbocycles. The van der Waals surface area contributed by atoms with Crippen molar-refractivity contribution in [2.45, 2.75) is 27.2 Å². The molecule has 19 heavy (non-hydrogen) atoms. The van der Waals surface area contributed by atoms with Gasteiger partial charge in [0, 0.05) is 18.7 Å². The zero-order valence-corrected chi connectivity index (χ0v) is 11.6. The van der Waals surface area contributed by atoms with E-state index in [1.807, 2.05) is 45.0 Å². The Labute approximate surface area is 113 Å². The Balaban J connectivity index is 2.21. The molecule has 1 fully saturated rings. The second-order valence-electron chi connectivity index (χ2n) is 5.20. The second kappa shape index (κ2) is 5.43. The number of rotatable bonds is 4. The third-order valence-corrected chi connectivity index (χ3v) is 3.49. The van der Waals surface area contributed by atoms with Crippen molar-refractivity contribution in [2.75, 3.05) is 16.8 Å². The van der Waals surface area contributed by atoms with Crippen molar-refractivity contribution in [2.24, 2.45) is 11.8 Å². The molecule has 1 aliphatic rings. The first-order chi connectivity index (χ1) is 9.04. The van der Waals surface area contributed by atoms with Crippen LogP contribution in [0, 0.1) is 11.8 Å². The summed E-state index contributed by atoms with van der Waals surface area (Å²) < 4.78 is 0. The van der Waals surface area contributed by atoms with E-state index in [1.54, 1.807) is 0 Å². The molecule has 1 N–H and O–H groups in total. The Morgan fingerprint density at radius 3 is 2.37 bits per heavy atom. The molecule has 1 unspecified atom stereocenters. The predicted molar refractivity (Wildman–Crippen MR) is 76.0 cm³/mol. The van der Waals surface area contributed by atoms with Gasteiger partial charge < -0.3 is 5.32 Å². The van der Waals surface area contributed by atoms with Gasteiger partial charge in [0.1, 0.15) is 0 Å². The fraction of sp³-hybridized carbons (Fsp3) is 0.467. The van der Waals surface area contributed by atoms with Gasteiger partial charge in [0.2, 0.25) is 11.8 Å². The van der Waals surface area contributed by atoms with Crippen LogP contribution in [0.15, 0.2) is 24.3 Å². The number of hydrogen-bond donors (Lipinski definition) is 1. The lowest BCUT2D eigenvalue weighted by atomic mass is 9.94. The van der Waals surface area contributed by atoms with E-state index in [9.17, 15) is 9.59 Å². The van der Waals surface area contributed by atoms with Crippen molar-refractivity contribution in [1.29, 1.82) is 0 Å². The molecule has 4 nitrogen and oxygen atoms in total. The molecule has 0 bridgehead atoms. The number of imide groups is 1. The molecule has 1 aromatic rings. The van der Waals surface area contributed by atoms with Crippen LogP contribution in [0.2, 0.25) is 0 Å². The highest BCUT2D eigenvalue weighted by molar-refractivity contribution is 6.21. The SMILES string of the molecule is CCNc1ccc(N2C(=O)CC(C(C)C)C2=O)cc1. The molecule has 2 amide bonds. The van der Waals surface area contributed by atoms with Gasteiger partial charge in [-0.1, -0.05) is 13.8 Å². The maximum absolute atomic E-state index is 12.3. The van der Waals surface area contributed by atoms with Crippen LogP contribution in [-0.4, -0.2) is 18.4 Å². The molecular weight excluding hydrogens is 240 g/mol. The first kappa shape index (κ1) is 13.6. The first-order valence-electron chi connectivity index (χ1n) is 6.75. The van der Waals surface area contributed by atoms with Gasteiger partial charge in [-0.2, -0.15) is 0 Å². The Bertz CT molecular complexity index is 479. The summed E-state index contributed by atoms with van der Waals surface area (Å²) in [7, 11) is 0. The summed E-state index contributed by atoms with van der Waals surface area (Å²) >= 11 is 0. The van der Waals surface area contributed by atoms with E-state index >= 15 is 0 Å². The Hall–Kier alpha value is -1.84. The van der Waals surface area contributed by atoms with Crippen LogP contribution in [-0.2, 0) is 9.59 Å². The van der Waals surface area contributed by atoms with Crippen molar-refractivity contribution in [1.82, 2.24) is 0 Å². The number of carbonyl (C=O) groups is 2. The number of anilines is 2. The molecular formula is C15H20N2O2. The van der Waals surface area contributed by atoms with E-state index in [-0.39, 0.29) is 23.7 Å². The fourth-order valence-electron chi connectivity index (χ4n) is 2.38. The maximum Gasteiger partial charge on any atom is 0.237 e. The van der Waals surface area contributed by atoms with Crippen LogP contribution in [0.5, 0.6) is 0 Å². The van der Waals surface area contributed by atoms with E-state index < -0.39 is 0 Å². The average molecular weight is 260 g/mol. The standard InChI is InChI=1S/C15H20N2O2/c1-4-16-11-5-7-12(8-6-11)17-14(18)9-13(10(2)3)15(17)19/h5-8,10,13,16H,4,9H2,1-3H3. The summed E-state index contributed by atoms with van der Waals surface area (Å²) in [6.07, 6.45) is 0.325. The number of nitrogens with zero attached hydrogens (tertiary/aromatic N) is 1. The normalized spacial score (nSPS) is 19.4. The highest BCUT2D eigenvalue weighted by Gasteiger charge is 2.40. The lowest BCUT2D eigenvalue weighted by Gasteiger charge is -2.17. The number of amides is 2. The molecule has 0 saturated carbocycles. The molecule has 0 aromatic heterocycles. The lowest BCUT2D eigenvalue weighted by Crippen LogP contribution is -2.31. The van der Waals surface area contributed by atoms with Gasteiger partial charge in [-0.15, -0.1) is 0 Å². The van der Waals surface area contributed by atoms with Crippen molar-refractivity contribution in [3.05, 3.63) is 24.3 Å². The topological polar surface area (TPSA) is 49.4 Å². The zero-order chi connectivity index (χ0) is 14.0. The number of benzene rings is 1. The lowest BCUT2D eigenvalue weighted by molar-refractivity contribution is -0.122. The molecule has 1 atom stereocenters. The van der Waals surface area contributed by atoms with E-state index in [0.717, 1.165) is 12.2 Å². The maximum atomic E-state index is 12.3. The van der Waals surface area contributed by atoms with Gasteiger partial charge in [-0.25, -0.2) is 0 Å². The number of nitrogens with one attached hydrogen (secondary N) is 1. The Morgan fingerprint density at radius 2 is 1.89 bits per heavy atom. The first-order valence-corrected chi connectivity index (χ1v) is 6.75. The van der Waals surface area contributed by atoms with E-state index in [0.29, 0.717) is 12.1 Å². The number of hydrogen-bond acceptors (Lipinski definition) is 3. The van der Waals surface area contributed by atoms with Crippen LogP contribution < -0.4 is 10.2 Å². The molecule has 1 aliphatic heterocycles. The minimum absolute atomic E-state index is 0.0730. The molecule has 4 heteroatoms. The molecule has 1 aromatic carbocycles. The predicted octanol–water partition coefficient (Wildman–Crippen LogP) is 2.65. The van der Waals surface area contributed by atoms with Crippen LogP contribution in [0.25, 0.3) is 0 Å². The summed E-state index contributed by atoms with van der Waals surface area (Å²) in [4.78, 5) is 25.6. The average Bonchev–Trinajstić information content (AvgIpc) is 2.67. The third-order valence-electron chi connectivity index (χ3n) is 3.49. The van der Waals surface area contributed by atoms with Gasteiger partial charge >= 0.3 is 0 Å². The van der Waals surface area contributed by atoms with E-state index in [1.165, 1.54) is 4.90 Å². The van der Waals surface area contributed by atoms with Crippen LogP contribution in [0.4, 0.5) is 11.4 Å². The van der Waals surface area contributed by atoms with Gasteiger partial charge in [0.25, 0.3) is 0 Å². The minimum Gasteiger partial charge on any atom is -0.385 e. The second-order valence-corrected chi connectivity index (χ2v) is 5.20. The molecule has 2 rings (SSSR count). The monoisotopic (exact) mass is 260 g/mol. The Morgan fingerprint density at radius 1 is 1.26 bits per heavy atom. The van der Waals surface area contributed by atoms with Gasteiger partial charge in [0.05, 0.1) is 11.6 Å². The highest BCUT2D eigenvalue weighted by atomic mass is 16.2. The summed E-state index contributed by atoms with van der Waals surface area (Å²) in [6, 6.07) is 7.41. The van der Waals surface area contributed by atoms with Crippen LogP contribution in [0.3, 0.4) is 0 Å². The third kappa shape index (κ3) is 2.62. The molecule has 0 spiro atoms. The quantitative estimate of drug-likeness (QED) is 0.847. The minimum atomic E-state index is -0.180. The largest absolute Gasteiger partial charge is 0.385 e.